The van der Waals surface area contributed by atoms with Gasteiger partial charge in [0, 0.05) is 0 Å². The number of hydrogen-bond donors (Lipinski definition) is 2. The number of ether oxygens (including phenoxy) is 2. The molecule has 0 heterocycles. The highest BCUT2D eigenvalue weighted by molar-refractivity contribution is 7.89. The molecule has 0 aliphatic rings. The Balaban J connectivity index is 1.67. The number of benzene rings is 3. The molecule has 39 heavy (non-hydrogen) atoms. The Hall–Kier alpha value is -3.04. The van der Waals surface area contributed by atoms with E-state index in [9.17, 15) is 18.3 Å². The summed E-state index contributed by atoms with van der Waals surface area (Å²) in [4.78, 5) is 13.3. The number of sulfonamides is 1. The van der Waals surface area contributed by atoms with Crippen molar-refractivity contribution in [3.63, 3.8) is 0 Å². The van der Waals surface area contributed by atoms with Crippen molar-refractivity contribution >= 4 is 16.0 Å². The van der Waals surface area contributed by atoms with Crippen LogP contribution in [0.15, 0.2) is 89.8 Å². The van der Waals surface area contributed by atoms with Gasteiger partial charge >= 0.3 is 5.97 Å². The largest absolute Gasteiger partial charge is 0.464 e. The SMILES string of the molecule is Cc1ccc(S(=O)(=O)N[C@H](COC(=O)[C@@H](CC(C)C)[C@H](O)COCc2ccccc2)Cc2ccccc2)cc1. The van der Waals surface area contributed by atoms with Crippen LogP contribution in [0.2, 0.25) is 0 Å². The Morgan fingerprint density at radius 3 is 2.05 bits per heavy atom. The fourth-order valence-electron chi connectivity index (χ4n) is 4.23. The van der Waals surface area contributed by atoms with E-state index in [-0.39, 0.29) is 24.0 Å². The first-order valence-electron chi connectivity index (χ1n) is 13.2. The van der Waals surface area contributed by atoms with Crippen LogP contribution in [0.5, 0.6) is 0 Å². The van der Waals surface area contributed by atoms with Gasteiger partial charge in [-0.15, -0.1) is 0 Å². The van der Waals surface area contributed by atoms with Gasteiger partial charge in [-0.2, -0.15) is 0 Å². The van der Waals surface area contributed by atoms with Crippen LogP contribution in [0.1, 0.15) is 37.0 Å². The lowest BCUT2D eigenvalue weighted by Gasteiger charge is -2.25. The van der Waals surface area contributed by atoms with Crippen molar-refractivity contribution in [3.8, 4) is 0 Å². The molecule has 210 valence electrons. The number of carbonyl (C=O) groups is 1. The van der Waals surface area contributed by atoms with Crippen LogP contribution in [0.25, 0.3) is 0 Å². The van der Waals surface area contributed by atoms with Crippen molar-refractivity contribution in [2.45, 2.75) is 57.3 Å². The Bertz CT molecular complexity index is 1250. The van der Waals surface area contributed by atoms with E-state index in [1.54, 1.807) is 24.3 Å². The summed E-state index contributed by atoms with van der Waals surface area (Å²) in [6.45, 7) is 5.94. The first-order valence-corrected chi connectivity index (χ1v) is 14.7. The van der Waals surface area contributed by atoms with Gasteiger partial charge in [0.1, 0.15) is 6.61 Å². The van der Waals surface area contributed by atoms with Gasteiger partial charge in [0.25, 0.3) is 0 Å². The first kappa shape index (κ1) is 30.5. The topological polar surface area (TPSA) is 102 Å². The highest BCUT2D eigenvalue weighted by Gasteiger charge is 2.31. The standard InChI is InChI=1S/C31H39NO6S/c1-23(2)18-29(30(33)22-37-20-26-12-8-5-9-13-26)31(34)38-21-27(19-25-10-6-4-7-11-25)32-39(35,36)28-16-14-24(3)15-17-28/h4-17,23,27,29-30,32-33H,18-22H2,1-3H3/t27-,29-,30+/m0/s1. The molecule has 0 unspecified atom stereocenters. The Morgan fingerprint density at radius 2 is 1.46 bits per heavy atom. The Morgan fingerprint density at radius 1 is 0.872 bits per heavy atom. The second kappa shape index (κ2) is 14.9. The summed E-state index contributed by atoms with van der Waals surface area (Å²) in [5.41, 5.74) is 2.82. The van der Waals surface area contributed by atoms with E-state index in [1.165, 1.54) is 0 Å². The quantitative estimate of drug-likeness (QED) is 0.265. The molecule has 7 nitrogen and oxygen atoms in total. The van der Waals surface area contributed by atoms with Crippen molar-refractivity contribution in [1.82, 2.24) is 4.72 Å². The molecule has 0 fully saturated rings. The minimum atomic E-state index is -3.85. The summed E-state index contributed by atoms with van der Waals surface area (Å²) in [5.74, 6) is -1.24. The number of hydrogen-bond acceptors (Lipinski definition) is 6. The monoisotopic (exact) mass is 553 g/mol. The number of nitrogens with one attached hydrogen (secondary N) is 1. The van der Waals surface area contributed by atoms with E-state index >= 15 is 0 Å². The maximum Gasteiger partial charge on any atom is 0.311 e. The van der Waals surface area contributed by atoms with Crippen LogP contribution in [0, 0.1) is 18.8 Å². The van der Waals surface area contributed by atoms with Crippen LogP contribution in [0.3, 0.4) is 0 Å². The van der Waals surface area contributed by atoms with E-state index in [1.807, 2.05) is 81.4 Å². The molecular formula is C31H39NO6S. The lowest BCUT2D eigenvalue weighted by molar-refractivity contribution is -0.156. The maximum absolute atomic E-state index is 13.2. The highest BCUT2D eigenvalue weighted by atomic mass is 32.2. The van der Waals surface area contributed by atoms with Gasteiger partial charge in [0.2, 0.25) is 10.0 Å². The van der Waals surface area contributed by atoms with Crippen LogP contribution < -0.4 is 4.72 Å². The highest BCUT2D eigenvalue weighted by Crippen LogP contribution is 2.20. The fourth-order valence-corrected chi connectivity index (χ4v) is 5.45. The predicted octanol–water partition coefficient (Wildman–Crippen LogP) is 4.67. The molecule has 8 heteroatoms. The normalized spacial score (nSPS) is 14.1. The molecule has 3 aromatic carbocycles. The molecule has 2 N–H and O–H groups in total. The molecule has 0 aromatic heterocycles. The minimum Gasteiger partial charge on any atom is -0.464 e. The summed E-state index contributed by atoms with van der Waals surface area (Å²) in [5, 5.41) is 10.8. The number of esters is 1. The molecule has 0 saturated carbocycles. The predicted molar refractivity (Wildman–Crippen MR) is 151 cm³/mol. The number of aryl methyl sites for hydroxylation is 1. The van der Waals surface area contributed by atoms with Crippen LogP contribution in [-0.2, 0) is 37.3 Å². The average Bonchev–Trinajstić information content (AvgIpc) is 2.91. The summed E-state index contributed by atoms with van der Waals surface area (Å²) >= 11 is 0. The lowest BCUT2D eigenvalue weighted by atomic mass is 9.92. The number of carbonyl (C=O) groups excluding carboxylic acids is 1. The van der Waals surface area contributed by atoms with E-state index < -0.39 is 34.1 Å². The zero-order chi connectivity index (χ0) is 28.3. The molecule has 0 amide bonds. The summed E-state index contributed by atoms with van der Waals surface area (Å²) in [7, 11) is -3.85. The zero-order valence-electron chi connectivity index (χ0n) is 22.8. The lowest BCUT2D eigenvalue weighted by Crippen LogP contribution is -2.42. The van der Waals surface area contributed by atoms with Crippen LogP contribution >= 0.6 is 0 Å². The molecule has 3 atom stereocenters. The van der Waals surface area contributed by atoms with E-state index in [0.29, 0.717) is 19.4 Å². The molecule has 0 saturated heterocycles. The number of rotatable bonds is 15. The molecule has 0 bridgehead atoms. The number of aliphatic hydroxyl groups is 1. The third-order valence-corrected chi connectivity index (χ3v) is 7.83. The summed E-state index contributed by atoms with van der Waals surface area (Å²) < 4.78 is 40.2. The van der Waals surface area contributed by atoms with Gasteiger partial charge in [-0.3, -0.25) is 4.79 Å². The van der Waals surface area contributed by atoms with Crippen LogP contribution in [-0.4, -0.2) is 44.9 Å². The molecule has 0 aliphatic heterocycles. The Labute approximate surface area is 232 Å². The van der Waals surface area contributed by atoms with Gasteiger partial charge in [0.15, 0.2) is 0 Å². The van der Waals surface area contributed by atoms with Gasteiger partial charge in [-0.05, 0) is 48.9 Å². The van der Waals surface area contributed by atoms with Crippen molar-refractivity contribution in [2.24, 2.45) is 11.8 Å². The molecular weight excluding hydrogens is 514 g/mol. The molecule has 0 aliphatic carbocycles. The van der Waals surface area contributed by atoms with Crippen LogP contribution in [0.4, 0.5) is 0 Å². The van der Waals surface area contributed by atoms with Crippen molar-refractivity contribution in [2.75, 3.05) is 13.2 Å². The second-order valence-electron chi connectivity index (χ2n) is 10.3. The van der Waals surface area contributed by atoms with Crippen molar-refractivity contribution in [3.05, 3.63) is 102 Å². The minimum absolute atomic E-state index is 0.0190. The summed E-state index contributed by atoms with van der Waals surface area (Å²) in [6, 6.07) is 24.9. The zero-order valence-corrected chi connectivity index (χ0v) is 23.6. The van der Waals surface area contributed by atoms with Crippen molar-refractivity contribution < 1.29 is 27.8 Å². The number of aliphatic hydroxyl groups excluding tert-OH is 1. The smallest absolute Gasteiger partial charge is 0.311 e. The average molecular weight is 554 g/mol. The third kappa shape index (κ3) is 10.2. The maximum atomic E-state index is 13.2. The van der Waals surface area contributed by atoms with Gasteiger partial charge in [-0.25, -0.2) is 13.1 Å². The molecule has 3 aromatic rings. The third-order valence-electron chi connectivity index (χ3n) is 6.30. The first-order chi connectivity index (χ1) is 18.6. The second-order valence-corrected chi connectivity index (χ2v) is 12.0. The molecule has 0 spiro atoms. The van der Waals surface area contributed by atoms with E-state index in [0.717, 1.165) is 16.7 Å². The summed E-state index contributed by atoms with van der Waals surface area (Å²) in [6.07, 6.45) is -0.315. The molecule has 0 radical (unpaired) electrons. The van der Waals surface area contributed by atoms with E-state index in [2.05, 4.69) is 4.72 Å². The van der Waals surface area contributed by atoms with E-state index in [4.69, 9.17) is 9.47 Å². The van der Waals surface area contributed by atoms with Gasteiger partial charge in [0.05, 0.1) is 36.2 Å². The molecule has 3 rings (SSSR count). The Kier molecular flexibility index (Phi) is 11.7. The van der Waals surface area contributed by atoms with Crippen molar-refractivity contribution in [1.29, 1.82) is 0 Å². The fraction of sp³-hybridized carbons (Fsp3) is 0.387. The van der Waals surface area contributed by atoms with Gasteiger partial charge in [-0.1, -0.05) is 92.2 Å². The van der Waals surface area contributed by atoms with Gasteiger partial charge < -0.3 is 14.6 Å².